The van der Waals surface area contributed by atoms with Crippen molar-refractivity contribution in [2.75, 3.05) is 18.4 Å². The number of primary amides is 1. The topological polar surface area (TPSA) is 97.1 Å². The number of unbranched alkanes of at least 4 members (excludes halogenated alkanes) is 1. The number of hydrogen-bond donors (Lipinski definition) is 3. The molecule has 1 heterocycles. The molecular formula is C13H20N4O2. The summed E-state index contributed by atoms with van der Waals surface area (Å²) in [6, 6.07) is 3.45. The first-order valence-electron chi connectivity index (χ1n) is 6.40. The van der Waals surface area contributed by atoms with Gasteiger partial charge in [0.25, 0.3) is 5.91 Å². The van der Waals surface area contributed by atoms with Crippen molar-refractivity contribution in [2.45, 2.75) is 26.2 Å². The van der Waals surface area contributed by atoms with Gasteiger partial charge in [-0.3, -0.25) is 9.59 Å². The molecule has 2 amide bonds. The lowest BCUT2D eigenvalue weighted by Gasteiger charge is -2.09. The molecule has 0 spiro atoms. The summed E-state index contributed by atoms with van der Waals surface area (Å²) in [6.45, 7) is 3.17. The lowest BCUT2D eigenvalue weighted by Crippen LogP contribution is -2.26. The third kappa shape index (κ3) is 5.37. The first-order valence-corrected chi connectivity index (χ1v) is 6.40. The summed E-state index contributed by atoms with van der Waals surface area (Å²) in [5, 5.41) is 5.84. The van der Waals surface area contributed by atoms with Crippen molar-refractivity contribution in [2.24, 2.45) is 5.73 Å². The number of carbonyl (C=O) groups excluding carboxylic acids is 2. The summed E-state index contributed by atoms with van der Waals surface area (Å²) < 4.78 is 0. The SMILES string of the molecule is CCNc1ncccc1C(=O)NCCCCC(N)=O. The van der Waals surface area contributed by atoms with E-state index in [0.29, 0.717) is 37.3 Å². The number of nitrogens with two attached hydrogens (primary N) is 1. The Kier molecular flexibility index (Phi) is 6.35. The highest BCUT2D eigenvalue weighted by atomic mass is 16.2. The van der Waals surface area contributed by atoms with Crippen LogP contribution in [0.5, 0.6) is 0 Å². The largest absolute Gasteiger partial charge is 0.370 e. The molecular weight excluding hydrogens is 244 g/mol. The van der Waals surface area contributed by atoms with Gasteiger partial charge >= 0.3 is 0 Å². The van der Waals surface area contributed by atoms with Gasteiger partial charge in [-0.15, -0.1) is 0 Å². The number of rotatable bonds is 8. The fourth-order valence-electron chi connectivity index (χ4n) is 1.62. The standard InChI is InChI=1S/C13H20N4O2/c1-2-15-12-10(6-5-9-16-12)13(19)17-8-4-3-7-11(14)18/h5-6,9H,2-4,7-8H2,1H3,(H2,14,18)(H,15,16)(H,17,19). The first kappa shape index (κ1) is 14.9. The molecule has 104 valence electrons. The number of aromatic nitrogens is 1. The Bertz CT molecular complexity index is 434. The van der Waals surface area contributed by atoms with Crippen molar-refractivity contribution in [1.29, 1.82) is 0 Å². The highest BCUT2D eigenvalue weighted by Gasteiger charge is 2.10. The molecule has 0 aliphatic heterocycles. The van der Waals surface area contributed by atoms with Gasteiger partial charge in [-0.25, -0.2) is 4.98 Å². The van der Waals surface area contributed by atoms with Crippen molar-refractivity contribution >= 4 is 17.6 Å². The van der Waals surface area contributed by atoms with E-state index < -0.39 is 0 Å². The fourth-order valence-corrected chi connectivity index (χ4v) is 1.62. The van der Waals surface area contributed by atoms with Crippen molar-refractivity contribution in [3.8, 4) is 0 Å². The van der Waals surface area contributed by atoms with Gasteiger partial charge < -0.3 is 16.4 Å². The van der Waals surface area contributed by atoms with Gasteiger partial charge in [0, 0.05) is 25.7 Å². The van der Waals surface area contributed by atoms with E-state index in [9.17, 15) is 9.59 Å². The Morgan fingerprint density at radius 2 is 2.16 bits per heavy atom. The van der Waals surface area contributed by atoms with Crippen LogP contribution in [0.2, 0.25) is 0 Å². The number of nitrogens with one attached hydrogen (secondary N) is 2. The third-order valence-corrected chi connectivity index (χ3v) is 2.53. The molecule has 0 aliphatic rings. The predicted octanol–water partition coefficient (Wildman–Crippen LogP) is 0.899. The molecule has 19 heavy (non-hydrogen) atoms. The Morgan fingerprint density at radius 3 is 2.84 bits per heavy atom. The van der Waals surface area contributed by atoms with Crippen LogP contribution in [0.4, 0.5) is 5.82 Å². The summed E-state index contributed by atoms with van der Waals surface area (Å²) in [6.07, 6.45) is 3.40. The summed E-state index contributed by atoms with van der Waals surface area (Å²) in [5.74, 6) is 0.107. The average molecular weight is 264 g/mol. The number of amides is 2. The van der Waals surface area contributed by atoms with Crippen LogP contribution in [0, 0.1) is 0 Å². The Labute approximate surface area is 112 Å². The van der Waals surface area contributed by atoms with E-state index in [2.05, 4.69) is 15.6 Å². The number of nitrogens with zero attached hydrogens (tertiary/aromatic N) is 1. The predicted molar refractivity (Wildman–Crippen MR) is 73.8 cm³/mol. The van der Waals surface area contributed by atoms with Crippen LogP contribution < -0.4 is 16.4 Å². The molecule has 1 rings (SSSR count). The molecule has 0 saturated carbocycles. The molecule has 0 saturated heterocycles. The van der Waals surface area contributed by atoms with Crippen LogP contribution in [0.1, 0.15) is 36.5 Å². The van der Waals surface area contributed by atoms with Gasteiger partial charge in [0.2, 0.25) is 5.91 Å². The fraction of sp³-hybridized carbons (Fsp3) is 0.462. The monoisotopic (exact) mass is 264 g/mol. The van der Waals surface area contributed by atoms with Crippen molar-refractivity contribution in [3.05, 3.63) is 23.9 Å². The molecule has 4 N–H and O–H groups in total. The normalized spacial score (nSPS) is 9.95. The van der Waals surface area contributed by atoms with E-state index in [1.165, 1.54) is 0 Å². The minimum absolute atomic E-state index is 0.164. The summed E-state index contributed by atoms with van der Waals surface area (Å²) in [7, 11) is 0. The lowest BCUT2D eigenvalue weighted by molar-refractivity contribution is -0.118. The van der Waals surface area contributed by atoms with Crippen LogP contribution in [0.25, 0.3) is 0 Å². The number of anilines is 1. The maximum absolute atomic E-state index is 12.0. The Morgan fingerprint density at radius 1 is 1.37 bits per heavy atom. The molecule has 6 nitrogen and oxygen atoms in total. The van der Waals surface area contributed by atoms with Gasteiger partial charge in [-0.1, -0.05) is 0 Å². The number of carbonyl (C=O) groups is 2. The summed E-state index contributed by atoms with van der Waals surface area (Å²) in [5.41, 5.74) is 5.56. The minimum Gasteiger partial charge on any atom is -0.370 e. The Hall–Kier alpha value is -2.11. The summed E-state index contributed by atoms with van der Waals surface area (Å²) in [4.78, 5) is 26.6. The van der Waals surface area contributed by atoms with E-state index >= 15 is 0 Å². The van der Waals surface area contributed by atoms with E-state index in [0.717, 1.165) is 6.42 Å². The maximum atomic E-state index is 12.0. The maximum Gasteiger partial charge on any atom is 0.255 e. The van der Waals surface area contributed by atoms with E-state index in [1.807, 2.05) is 6.92 Å². The van der Waals surface area contributed by atoms with Crippen LogP contribution in [0.3, 0.4) is 0 Å². The second-order valence-electron chi connectivity index (χ2n) is 4.11. The van der Waals surface area contributed by atoms with Crippen molar-refractivity contribution < 1.29 is 9.59 Å². The first-order chi connectivity index (χ1) is 9.15. The highest BCUT2D eigenvalue weighted by Crippen LogP contribution is 2.10. The van der Waals surface area contributed by atoms with E-state index in [4.69, 9.17) is 5.73 Å². The molecule has 0 atom stereocenters. The van der Waals surface area contributed by atoms with Crippen molar-refractivity contribution in [1.82, 2.24) is 10.3 Å². The quantitative estimate of drug-likeness (QED) is 0.608. The second kappa shape index (κ2) is 8.07. The van der Waals surface area contributed by atoms with Gasteiger partial charge in [0.1, 0.15) is 5.82 Å². The third-order valence-electron chi connectivity index (χ3n) is 2.53. The molecule has 1 aromatic rings. The zero-order chi connectivity index (χ0) is 14.1. The van der Waals surface area contributed by atoms with Crippen LogP contribution in [-0.4, -0.2) is 29.9 Å². The summed E-state index contributed by atoms with van der Waals surface area (Å²) >= 11 is 0. The van der Waals surface area contributed by atoms with Gasteiger partial charge in [0.15, 0.2) is 0 Å². The zero-order valence-corrected chi connectivity index (χ0v) is 11.1. The molecule has 0 aromatic carbocycles. The highest BCUT2D eigenvalue weighted by molar-refractivity contribution is 5.98. The molecule has 0 unspecified atom stereocenters. The van der Waals surface area contributed by atoms with Gasteiger partial charge in [-0.2, -0.15) is 0 Å². The average Bonchev–Trinajstić information content (AvgIpc) is 2.39. The number of pyridine rings is 1. The second-order valence-corrected chi connectivity index (χ2v) is 4.11. The van der Waals surface area contributed by atoms with Crippen LogP contribution in [-0.2, 0) is 4.79 Å². The van der Waals surface area contributed by atoms with Gasteiger partial charge in [-0.05, 0) is 31.9 Å². The zero-order valence-electron chi connectivity index (χ0n) is 11.1. The van der Waals surface area contributed by atoms with Gasteiger partial charge in [0.05, 0.1) is 5.56 Å². The molecule has 1 aromatic heterocycles. The molecule has 0 fully saturated rings. The smallest absolute Gasteiger partial charge is 0.255 e. The van der Waals surface area contributed by atoms with E-state index in [-0.39, 0.29) is 11.8 Å². The van der Waals surface area contributed by atoms with Crippen LogP contribution in [0.15, 0.2) is 18.3 Å². The molecule has 0 radical (unpaired) electrons. The van der Waals surface area contributed by atoms with E-state index in [1.54, 1.807) is 18.3 Å². The Balaban J connectivity index is 2.43. The number of hydrogen-bond acceptors (Lipinski definition) is 4. The molecule has 0 aliphatic carbocycles. The molecule has 6 heteroatoms. The minimum atomic E-state index is -0.312. The van der Waals surface area contributed by atoms with Crippen LogP contribution >= 0.6 is 0 Å². The molecule has 0 bridgehead atoms. The van der Waals surface area contributed by atoms with Crippen molar-refractivity contribution in [3.63, 3.8) is 0 Å². The lowest BCUT2D eigenvalue weighted by atomic mass is 10.2.